The van der Waals surface area contributed by atoms with Crippen molar-refractivity contribution in [2.24, 2.45) is 0 Å². The molecule has 0 atom stereocenters. The van der Waals surface area contributed by atoms with E-state index in [9.17, 15) is 9.18 Å². The third kappa shape index (κ3) is 4.88. The van der Waals surface area contributed by atoms with Gasteiger partial charge in [0.2, 0.25) is 0 Å². The zero-order chi connectivity index (χ0) is 17.2. The molecule has 0 unspecified atom stereocenters. The SMILES string of the molecule is C=C/C=C\C=C(/C)c1nn(-c2ccccc2)cc1C(=O)F.CC. The van der Waals surface area contributed by atoms with Crippen LogP contribution < -0.4 is 0 Å². The summed E-state index contributed by atoms with van der Waals surface area (Å²) in [5.74, 6) is 0. The van der Waals surface area contributed by atoms with E-state index in [-0.39, 0.29) is 5.56 Å². The molecule has 2 rings (SSSR count). The fraction of sp³-hybridized carbons (Fsp3) is 0.158. The number of allylic oxidation sites excluding steroid dienone is 5. The van der Waals surface area contributed by atoms with E-state index in [1.165, 1.54) is 10.9 Å². The van der Waals surface area contributed by atoms with E-state index in [1.807, 2.05) is 44.2 Å². The van der Waals surface area contributed by atoms with Gasteiger partial charge in [-0.1, -0.05) is 62.9 Å². The normalized spacial score (nSPS) is 11.0. The molecule has 0 saturated carbocycles. The summed E-state index contributed by atoms with van der Waals surface area (Å²) in [7, 11) is 0. The molecule has 0 amide bonds. The van der Waals surface area contributed by atoms with Gasteiger partial charge in [0, 0.05) is 6.20 Å². The monoisotopic (exact) mass is 312 g/mol. The van der Waals surface area contributed by atoms with E-state index in [4.69, 9.17) is 0 Å². The Morgan fingerprint density at radius 3 is 2.43 bits per heavy atom. The summed E-state index contributed by atoms with van der Waals surface area (Å²) in [6.45, 7) is 9.35. The van der Waals surface area contributed by atoms with Gasteiger partial charge in [0.15, 0.2) is 0 Å². The van der Waals surface area contributed by atoms with E-state index in [0.29, 0.717) is 11.3 Å². The number of aromatic nitrogens is 2. The second-order valence-corrected chi connectivity index (χ2v) is 4.42. The zero-order valence-corrected chi connectivity index (χ0v) is 13.7. The summed E-state index contributed by atoms with van der Waals surface area (Å²) in [5.41, 5.74) is 1.75. The lowest BCUT2D eigenvalue weighted by Gasteiger charge is -1.99. The summed E-state index contributed by atoms with van der Waals surface area (Å²) in [4.78, 5) is 11.2. The van der Waals surface area contributed by atoms with Crippen molar-refractivity contribution in [1.82, 2.24) is 9.78 Å². The second-order valence-electron chi connectivity index (χ2n) is 4.42. The van der Waals surface area contributed by atoms with Crippen LogP contribution in [0.15, 0.2) is 67.4 Å². The summed E-state index contributed by atoms with van der Waals surface area (Å²) in [6, 6.07) is 7.75. The Morgan fingerprint density at radius 1 is 1.22 bits per heavy atom. The van der Waals surface area contributed by atoms with Crippen molar-refractivity contribution in [3.05, 3.63) is 78.7 Å². The number of para-hydroxylation sites is 1. The molecule has 0 radical (unpaired) electrons. The molecule has 0 fully saturated rings. The van der Waals surface area contributed by atoms with Gasteiger partial charge in [-0.25, -0.2) is 4.68 Å². The minimum absolute atomic E-state index is 0.0420. The molecule has 0 aliphatic carbocycles. The first-order valence-electron chi connectivity index (χ1n) is 7.44. The van der Waals surface area contributed by atoms with Crippen molar-refractivity contribution < 1.29 is 9.18 Å². The second kappa shape index (κ2) is 9.30. The molecule has 4 heteroatoms. The lowest BCUT2D eigenvalue weighted by atomic mass is 10.1. The number of carbonyl (C=O) groups excluding carboxylic acids is 1. The molecule has 0 aliphatic rings. The first-order chi connectivity index (χ1) is 11.1. The van der Waals surface area contributed by atoms with Gasteiger partial charge < -0.3 is 0 Å². The van der Waals surface area contributed by atoms with Gasteiger partial charge in [-0.2, -0.15) is 9.49 Å². The molecule has 3 nitrogen and oxygen atoms in total. The molecule has 23 heavy (non-hydrogen) atoms. The van der Waals surface area contributed by atoms with E-state index in [2.05, 4.69) is 11.7 Å². The summed E-state index contributed by atoms with van der Waals surface area (Å²) < 4.78 is 14.7. The Labute approximate surface area is 136 Å². The average Bonchev–Trinajstić information content (AvgIpc) is 3.03. The van der Waals surface area contributed by atoms with Crippen LogP contribution in [0.2, 0.25) is 0 Å². The van der Waals surface area contributed by atoms with Gasteiger partial charge in [-0.05, 0) is 24.6 Å². The highest BCUT2D eigenvalue weighted by Gasteiger charge is 2.17. The molecule has 1 aromatic carbocycles. The Morgan fingerprint density at radius 2 is 1.87 bits per heavy atom. The number of hydrogen-bond acceptors (Lipinski definition) is 2. The predicted octanol–water partition coefficient (Wildman–Crippen LogP) is 5.15. The number of benzene rings is 1. The molecule has 1 heterocycles. The van der Waals surface area contributed by atoms with Gasteiger partial charge >= 0.3 is 6.04 Å². The minimum atomic E-state index is -1.49. The summed E-state index contributed by atoms with van der Waals surface area (Å²) in [5, 5.41) is 4.31. The highest BCUT2D eigenvalue weighted by atomic mass is 19.1. The van der Waals surface area contributed by atoms with Crippen molar-refractivity contribution in [2.45, 2.75) is 20.8 Å². The van der Waals surface area contributed by atoms with Gasteiger partial charge in [-0.15, -0.1) is 0 Å². The van der Waals surface area contributed by atoms with Crippen molar-refractivity contribution in [2.75, 3.05) is 0 Å². The van der Waals surface area contributed by atoms with Crippen LogP contribution in [0, 0.1) is 0 Å². The van der Waals surface area contributed by atoms with Crippen LogP contribution in [-0.4, -0.2) is 15.8 Å². The van der Waals surface area contributed by atoms with E-state index < -0.39 is 6.04 Å². The largest absolute Gasteiger partial charge is 0.335 e. The highest BCUT2D eigenvalue weighted by Crippen LogP contribution is 2.20. The quantitative estimate of drug-likeness (QED) is 0.565. The Balaban J connectivity index is 0.00000127. The summed E-state index contributed by atoms with van der Waals surface area (Å²) >= 11 is 0. The van der Waals surface area contributed by atoms with Crippen molar-refractivity contribution in [1.29, 1.82) is 0 Å². The standard InChI is InChI=1S/C17H15FN2O.C2H6/c1-3-4-6-9-13(2)16-15(17(18)21)12-20(19-16)14-10-7-5-8-11-14;1-2/h3-12H,1H2,2H3;1-2H3/b6-4-,13-9+;. The van der Waals surface area contributed by atoms with Gasteiger partial charge in [0.1, 0.15) is 5.69 Å². The van der Waals surface area contributed by atoms with Crippen LogP contribution in [-0.2, 0) is 0 Å². The zero-order valence-electron chi connectivity index (χ0n) is 13.7. The molecule has 0 saturated heterocycles. The van der Waals surface area contributed by atoms with Gasteiger partial charge in [0.25, 0.3) is 0 Å². The molecule has 1 aromatic heterocycles. The maximum Gasteiger partial charge on any atom is 0.335 e. The minimum Gasteiger partial charge on any atom is -0.255 e. The number of rotatable bonds is 5. The lowest BCUT2D eigenvalue weighted by molar-refractivity contribution is 0.0835. The number of halogens is 1. The van der Waals surface area contributed by atoms with Gasteiger partial charge in [-0.3, -0.25) is 4.79 Å². The fourth-order valence-corrected chi connectivity index (χ4v) is 1.88. The predicted molar refractivity (Wildman–Crippen MR) is 93.3 cm³/mol. The van der Waals surface area contributed by atoms with Crippen molar-refractivity contribution >= 4 is 11.6 Å². The maximum absolute atomic E-state index is 13.2. The molecule has 120 valence electrons. The Hall–Kier alpha value is -2.75. The van der Waals surface area contributed by atoms with Crippen molar-refractivity contribution in [3.63, 3.8) is 0 Å². The van der Waals surface area contributed by atoms with Crippen LogP contribution in [0.5, 0.6) is 0 Å². The Kier molecular flexibility index (Phi) is 7.40. The van der Waals surface area contributed by atoms with Crippen LogP contribution in [0.3, 0.4) is 0 Å². The molecular formula is C19H21FN2O. The smallest absolute Gasteiger partial charge is 0.255 e. The van der Waals surface area contributed by atoms with E-state index >= 15 is 0 Å². The first-order valence-corrected chi connectivity index (χ1v) is 7.44. The lowest BCUT2D eigenvalue weighted by Crippen LogP contribution is -1.95. The topological polar surface area (TPSA) is 34.9 Å². The maximum atomic E-state index is 13.2. The van der Waals surface area contributed by atoms with Crippen LogP contribution >= 0.6 is 0 Å². The Bertz CT molecular complexity index is 712. The van der Waals surface area contributed by atoms with Crippen LogP contribution in [0.25, 0.3) is 11.3 Å². The molecule has 0 bridgehead atoms. The fourth-order valence-electron chi connectivity index (χ4n) is 1.88. The van der Waals surface area contributed by atoms with E-state index in [0.717, 1.165) is 5.69 Å². The molecule has 2 aromatic rings. The molecular weight excluding hydrogens is 291 g/mol. The highest BCUT2D eigenvalue weighted by molar-refractivity contribution is 5.93. The molecule has 0 aliphatic heterocycles. The number of carbonyl (C=O) groups is 1. The third-order valence-electron chi connectivity index (χ3n) is 2.91. The average molecular weight is 312 g/mol. The molecule has 0 N–H and O–H groups in total. The van der Waals surface area contributed by atoms with Crippen LogP contribution in [0.1, 0.15) is 36.8 Å². The summed E-state index contributed by atoms with van der Waals surface area (Å²) in [6.07, 6.45) is 8.30. The number of nitrogens with zero attached hydrogens (tertiary/aromatic N) is 2. The van der Waals surface area contributed by atoms with Crippen molar-refractivity contribution in [3.8, 4) is 5.69 Å². The third-order valence-corrected chi connectivity index (χ3v) is 2.91. The molecule has 0 spiro atoms. The van der Waals surface area contributed by atoms with Gasteiger partial charge in [0.05, 0.1) is 11.3 Å². The first kappa shape index (κ1) is 18.3. The number of hydrogen-bond donors (Lipinski definition) is 0. The van der Waals surface area contributed by atoms with Crippen LogP contribution in [0.4, 0.5) is 4.39 Å². The van der Waals surface area contributed by atoms with E-state index in [1.54, 1.807) is 31.2 Å².